The van der Waals surface area contributed by atoms with Gasteiger partial charge in [0.2, 0.25) is 0 Å². The Morgan fingerprint density at radius 3 is 2.69 bits per heavy atom. The van der Waals surface area contributed by atoms with Crippen LogP contribution in [-0.4, -0.2) is 115 Å². The van der Waals surface area contributed by atoms with E-state index in [1.165, 1.54) is 45.0 Å². The fraction of sp³-hybridized carbons (Fsp3) is 0.667. The number of hydrogen-bond acceptors (Lipinski definition) is 10. The summed E-state index contributed by atoms with van der Waals surface area (Å²) in [4.78, 5) is 31.2. The highest BCUT2D eigenvalue weighted by molar-refractivity contribution is 5.83. The summed E-state index contributed by atoms with van der Waals surface area (Å²) < 4.78 is 7.42. The molecule has 1 saturated carbocycles. The van der Waals surface area contributed by atoms with Crippen molar-refractivity contribution in [3.63, 3.8) is 0 Å². The minimum atomic E-state index is -1.34. The third-order valence-electron chi connectivity index (χ3n) is 9.60. The summed E-state index contributed by atoms with van der Waals surface area (Å²) in [5, 5.41) is 27.6. The van der Waals surface area contributed by atoms with Gasteiger partial charge in [-0.3, -0.25) is 14.3 Å². The number of imidazole rings is 1. The molecule has 7 atom stereocenters. The van der Waals surface area contributed by atoms with Gasteiger partial charge in [0.25, 0.3) is 5.91 Å². The standard InChI is InChI=1S/C30H42N8O4/c39-24-25(40)30(42-26(24)29(41)35-20-8-9-20)38-18-34-23-27(32-17-33-28(23)38)31-11-10-19-16-37(22-7-3-2-6-21(19)22)15-14-36-12-4-1-5-13-36/h2-3,6-7,17-22,24-26,30,39-40H,1,4-5,8-16H2,(H,35,41)(H,31,32,33)/t19?,21?,22?,24-,25+,26-,30?/m1/s1. The van der Waals surface area contributed by atoms with Crippen molar-refractivity contribution < 1.29 is 19.7 Å². The summed E-state index contributed by atoms with van der Waals surface area (Å²) in [6.45, 7) is 6.56. The van der Waals surface area contributed by atoms with Gasteiger partial charge < -0.3 is 30.5 Å². The maximum absolute atomic E-state index is 12.5. The Bertz CT molecular complexity index is 1320. The highest BCUT2D eigenvalue weighted by atomic mass is 16.6. The van der Waals surface area contributed by atoms with Crippen LogP contribution < -0.4 is 10.6 Å². The fourth-order valence-electron chi connectivity index (χ4n) is 7.10. The minimum absolute atomic E-state index is 0.128. The predicted octanol–water partition coefficient (Wildman–Crippen LogP) is 1.05. The zero-order valence-electron chi connectivity index (χ0n) is 24.0. The monoisotopic (exact) mass is 578 g/mol. The van der Waals surface area contributed by atoms with Gasteiger partial charge in [-0.2, -0.15) is 0 Å². The average Bonchev–Trinajstić information content (AvgIpc) is 3.49. The van der Waals surface area contributed by atoms with E-state index in [-0.39, 0.29) is 6.04 Å². The largest absolute Gasteiger partial charge is 0.387 e. The van der Waals surface area contributed by atoms with Gasteiger partial charge in [-0.15, -0.1) is 0 Å². The molecule has 5 aliphatic rings. The molecule has 0 bridgehead atoms. The number of rotatable bonds is 10. The lowest BCUT2D eigenvalue weighted by Gasteiger charge is -2.31. The summed E-state index contributed by atoms with van der Waals surface area (Å²) in [5.74, 6) is 1.27. The number of amides is 1. The van der Waals surface area contributed by atoms with Gasteiger partial charge >= 0.3 is 0 Å². The van der Waals surface area contributed by atoms with Crippen molar-refractivity contribution in [2.75, 3.05) is 44.6 Å². The van der Waals surface area contributed by atoms with Crippen molar-refractivity contribution >= 4 is 22.9 Å². The van der Waals surface area contributed by atoms with Crippen LogP contribution in [-0.2, 0) is 9.53 Å². The van der Waals surface area contributed by atoms with E-state index in [4.69, 9.17) is 4.74 Å². The average molecular weight is 579 g/mol. The number of allylic oxidation sites excluding steroid dienone is 2. The van der Waals surface area contributed by atoms with E-state index < -0.39 is 30.4 Å². The predicted molar refractivity (Wildman–Crippen MR) is 156 cm³/mol. The number of aliphatic hydroxyl groups is 2. The van der Waals surface area contributed by atoms with Gasteiger partial charge in [-0.05, 0) is 51.1 Å². The quantitative estimate of drug-likeness (QED) is 0.323. The molecule has 4 unspecified atom stereocenters. The first kappa shape index (κ1) is 27.9. The molecular weight excluding hydrogens is 536 g/mol. The molecule has 0 aromatic carbocycles. The molecule has 2 aromatic rings. The normalized spacial score (nSPS) is 33.3. The van der Waals surface area contributed by atoms with E-state index in [2.05, 4.69) is 59.7 Å². The number of piperidine rings is 1. The number of fused-ring (bicyclic) bond motifs is 2. The van der Waals surface area contributed by atoms with Crippen LogP contribution in [0.1, 0.15) is 44.8 Å². The second-order valence-corrected chi connectivity index (χ2v) is 12.5. The van der Waals surface area contributed by atoms with Crippen LogP contribution in [0.2, 0.25) is 0 Å². The van der Waals surface area contributed by atoms with Crippen molar-refractivity contribution in [1.29, 1.82) is 0 Å². The van der Waals surface area contributed by atoms with E-state index in [0.717, 1.165) is 45.4 Å². The number of anilines is 1. The minimum Gasteiger partial charge on any atom is -0.387 e. The summed E-state index contributed by atoms with van der Waals surface area (Å²) in [6.07, 6.45) is 14.2. The van der Waals surface area contributed by atoms with Crippen LogP contribution in [0.15, 0.2) is 37.0 Å². The first-order valence-electron chi connectivity index (χ1n) is 15.6. The van der Waals surface area contributed by atoms with Crippen molar-refractivity contribution in [3.05, 3.63) is 37.0 Å². The van der Waals surface area contributed by atoms with Crippen LogP contribution in [0.3, 0.4) is 0 Å². The van der Waals surface area contributed by atoms with Gasteiger partial charge in [0, 0.05) is 44.2 Å². The summed E-state index contributed by atoms with van der Waals surface area (Å²) in [7, 11) is 0. The highest BCUT2D eigenvalue weighted by Crippen LogP contribution is 2.36. The maximum atomic E-state index is 12.5. The van der Waals surface area contributed by atoms with Crippen LogP contribution >= 0.6 is 0 Å². The molecule has 5 heterocycles. The van der Waals surface area contributed by atoms with Crippen LogP contribution in [0.25, 0.3) is 11.2 Å². The van der Waals surface area contributed by atoms with Crippen molar-refractivity contribution in [2.45, 2.75) is 75.1 Å². The molecule has 2 aliphatic carbocycles. The third-order valence-corrected chi connectivity index (χ3v) is 9.60. The Hall–Kier alpha value is -2.90. The molecule has 1 amide bonds. The van der Waals surface area contributed by atoms with Crippen molar-refractivity contribution in [3.8, 4) is 0 Å². The number of hydrogen-bond donors (Lipinski definition) is 4. The molecule has 3 saturated heterocycles. The van der Waals surface area contributed by atoms with Gasteiger partial charge in [0.15, 0.2) is 29.3 Å². The number of carbonyl (C=O) groups is 1. The van der Waals surface area contributed by atoms with E-state index >= 15 is 0 Å². The maximum Gasteiger partial charge on any atom is 0.252 e. The molecule has 2 aromatic heterocycles. The second kappa shape index (κ2) is 12.0. The number of aliphatic hydroxyl groups excluding tert-OH is 2. The van der Waals surface area contributed by atoms with Crippen LogP contribution in [0, 0.1) is 11.8 Å². The summed E-state index contributed by atoms with van der Waals surface area (Å²) in [6, 6.07) is 0.595. The number of ether oxygens (including phenoxy) is 1. The first-order chi connectivity index (χ1) is 20.6. The van der Waals surface area contributed by atoms with Gasteiger partial charge in [0.05, 0.1) is 6.33 Å². The number of likely N-dealkylation sites (tertiary alicyclic amines) is 2. The Labute approximate surface area is 245 Å². The lowest BCUT2D eigenvalue weighted by Crippen LogP contribution is -2.43. The zero-order valence-corrected chi connectivity index (χ0v) is 24.0. The van der Waals surface area contributed by atoms with Crippen molar-refractivity contribution in [2.24, 2.45) is 11.8 Å². The van der Waals surface area contributed by atoms with Crippen molar-refractivity contribution in [1.82, 2.24) is 34.6 Å². The summed E-state index contributed by atoms with van der Waals surface area (Å²) in [5.41, 5.74) is 1.03. The number of nitrogens with zero attached hydrogens (tertiary/aromatic N) is 6. The lowest BCUT2D eigenvalue weighted by molar-refractivity contribution is -0.137. The van der Waals surface area contributed by atoms with E-state index in [1.807, 2.05) is 0 Å². The van der Waals surface area contributed by atoms with E-state index in [0.29, 0.717) is 34.9 Å². The molecule has 12 nitrogen and oxygen atoms in total. The molecule has 4 fully saturated rings. The molecule has 7 rings (SSSR count). The fourth-order valence-corrected chi connectivity index (χ4v) is 7.10. The van der Waals surface area contributed by atoms with Gasteiger partial charge in [-0.25, -0.2) is 15.0 Å². The Morgan fingerprint density at radius 1 is 1.02 bits per heavy atom. The second-order valence-electron chi connectivity index (χ2n) is 12.5. The molecule has 0 radical (unpaired) electrons. The SMILES string of the molecule is O=C(NC1CC1)[C@@H]1OC(n2cnc3c(NCCC4CN(CCN5CCCCC5)C5C=CC=CC45)ncnc32)[C@@H](O)[C@H]1O. The van der Waals surface area contributed by atoms with Gasteiger partial charge in [0.1, 0.15) is 18.5 Å². The van der Waals surface area contributed by atoms with E-state index in [9.17, 15) is 15.0 Å². The molecular formula is C30H42N8O4. The molecule has 4 N–H and O–H groups in total. The topological polar surface area (TPSA) is 141 Å². The number of nitrogens with one attached hydrogen (secondary N) is 2. The third kappa shape index (κ3) is 5.58. The van der Waals surface area contributed by atoms with E-state index in [1.54, 1.807) is 4.57 Å². The Morgan fingerprint density at radius 2 is 1.86 bits per heavy atom. The van der Waals surface area contributed by atoms with Crippen LogP contribution in [0.4, 0.5) is 5.82 Å². The molecule has 3 aliphatic heterocycles. The molecule has 42 heavy (non-hydrogen) atoms. The van der Waals surface area contributed by atoms with Gasteiger partial charge in [-0.1, -0.05) is 30.7 Å². The first-order valence-corrected chi connectivity index (χ1v) is 15.6. The number of aromatic nitrogens is 4. The zero-order chi connectivity index (χ0) is 28.6. The Kier molecular flexibility index (Phi) is 7.97. The molecule has 0 spiro atoms. The molecule has 12 heteroatoms. The lowest BCUT2D eigenvalue weighted by atomic mass is 9.86. The summed E-state index contributed by atoms with van der Waals surface area (Å²) >= 11 is 0. The highest BCUT2D eigenvalue weighted by Gasteiger charge is 2.48. The Balaban J connectivity index is 0.983. The smallest absolute Gasteiger partial charge is 0.252 e. The molecule has 226 valence electrons. The van der Waals surface area contributed by atoms with Crippen LogP contribution in [0.5, 0.6) is 0 Å². The number of carbonyl (C=O) groups excluding carboxylic acids is 1.